The lowest BCUT2D eigenvalue weighted by Gasteiger charge is -2.35. The Hall–Kier alpha value is -2.72. The molecule has 2 N–H and O–H groups in total. The van der Waals surface area contributed by atoms with Crippen molar-refractivity contribution >= 4 is 11.3 Å². The molecule has 2 unspecified atom stereocenters. The second kappa shape index (κ2) is 6.42. The van der Waals surface area contributed by atoms with Crippen molar-refractivity contribution in [2.24, 2.45) is 10.2 Å². The van der Waals surface area contributed by atoms with Crippen LogP contribution in [-0.2, 0) is 0 Å². The number of phenols is 1. The number of azo groups is 1. The highest BCUT2D eigenvalue weighted by Gasteiger charge is 2.40. The van der Waals surface area contributed by atoms with Crippen molar-refractivity contribution in [1.29, 1.82) is 0 Å². The quantitative estimate of drug-likeness (QED) is 0.809. The SMILES string of the molecule is CC1=CC=C(c2ccccc2)C(C)(N=Nc2ccccc2O)C1O. The average Bonchev–Trinajstić information content (AvgIpc) is 2.60. The summed E-state index contributed by atoms with van der Waals surface area (Å²) >= 11 is 0. The number of benzene rings is 2. The van der Waals surface area contributed by atoms with Gasteiger partial charge in [-0.25, -0.2) is 0 Å². The minimum absolute atomic E-state index is 0.0626. The molecular formula is C20H20N2O2. The van der Waals surface area contributed by atoms with E-state index < -0.39 is 11.6 Å². The molecule has 0 amide bonds. The number of hydrogen-bond donors (Lipinski definition) is 2. The molecule has 0 saturated heterocycles. The Kier molecular flexibility index (Phi) is 4.32. The van der Waals surface area contributed by atoms with Crippen LogP contribution in [0.1, 0.15) is 19.4 Å². The van der Waals surface area contributed by atoms with Crippen LogP contribution in [0.2, 0.25) is 0 Å². The summed E-state index contributed by atoms with van der Waals surface area (Å²) in [6.07, 6.45) is 3.10. The zero-order valence-corrected chi connectivity index (χ0v) is 13.7. The van der Waals surface area contributed by atoms with Gasteiger partial charge in [0.25, 0.3) is 0 Å². The van der Waals surface area contributed by atoms with E-state index >= 15 is 0 Å². The molecule has 0 aliphatic heterocycles. The molecular weight excluding hydrogens is 300 g/mol. The monoisotopic (exact) mass is 320 g/mol. The normalized spacial score (nSPS) is 23.9. The summed E-state index contributed by atoms with van der Waals surface area (Å²) in [5.41, 5.74) is 2.15. The van der Waals surface area contributed by atoms with Crippen LogP contribution >= 0.6 is 0 Å². The number of para-hydroxylation sites is 1. The molecule has 1 aliphatic rings. The molecule has 0 heterocycles. The van der Waals surface area contributed by atoms with Crippen molar-refractivity contribution in [2.75, 3.05) is 0 Å². The van der Waals surface area contributed by atoms with Gasteiger partial charge in [0.2, 0.25) is 0 Å². The maximum absolute atomic E-state index is 10.8. The molecule has 0 aromatic heterocycles. The molecule has 2 atom stereocenters. The van der Waals surface area contributed by atoms with Crippen LogP contribution in [0.3, 0.4) is 0 Å². The third kappa shape index (κ3) is 2.88. The Morgan fingerprint density at radius 1 is 0.958 bits per heavy atom. The summed E-state index contributed by atoms with van der Waals surface area (Å²) in [7, 11) is 0. The number of rotatable bonds is 3. The first-order chi connectivity index (χ1) is 11.5. The third-order valence-corrected chi connectivity index (χ3v) is 4.35. The molecule has 4 nitrogen and oxygen atoms in total. The van der Waals surface area contributed by atoms with Crippen molar-refractivity contribution in [3.05, 3.63) is 77.9 Å². The van der Waals surface area contributed by atoms with Gasteiger partial charge in [-0.15, -0.1) is 0 Å². The number of aliphatic hydroxyl groups excluding tert-OH is 1. The number of phenolic OH excluding ortho intramolecular Hbond substituents is 1. The van der Waals surface area contributed by atoms with Gasteiger partial charge >= 0.3 is 0 Å². The first kappa shape index (κ1) is 16.1. The van der Waals surface area contributed by atoms with Crippen molar-refractivity contribution in [2.45, 2.75) is 25.5 Å². The van der Waals surface area contributed by atoms with E-state index in [4.69, 9.17) is 0 Å². The van der Waals surface area contributed by atoms with E-state index in [0.717, 1.165) is 16.7 Å². The molecule has 2 aromatic carbocycles. The summed E-state index contributed by atoms with van der Waals surface area (Å²) in [5.74, 6) is 0.0626. The van der Waals surface area contributed by atoms with Crippen molar-refractivity contribution in [3.63, 3.8) is 0 Å². The summed E-state index contributed by atoms with van der Waals surface area (Å²) in [6, 6.07) is 16.6. The molecule has 0 fully saturated rings. The molecule has 122 valence electrons. The molecule has 3 rings (SSSR count). The van der Waals surface area contributed by atoms with Crippen LogP contribution in [0, 0.1) is 0 Å². The summed E-state index contributed by atoms with van der Waals surface area (Å²) in [5, 5.41) is 29.3. The smallest absolute Gasteiger partial charge is 0.143 e. The minimum Gasteiger partial charge on any atom is -0.506 e. The Balaban J connectivity index is 2.06. The van der Waals surface area contributed by atoms with Crippen molar-refractivity contribution in [3.8, 4) is 5.75 Å². The van der Waals surface area contributed by atoms with Gasteiger partial charge in [-0.1, -0.05) is 54.6 Å². The molecule has 0 saturated carbocycles. The molecule has 1 aliphatic carbocycles. The zero-order valence-electron chi connectivity index (χ0n) is 13.7. The highest BCUT2D eigenvalue weighted by Crippen LogP contribution is 2.40. The number of hydrogen-bond acceptors (Lipinski definition) is 4. The van der Waals surface area contributed by atoms with Gasteiger partial charge in [-0.2, -0.15) is 10.2 Å². The molecule has 2 aromatic rings. The second-order valence-corrected chi connectivity index (χ2v) is 6.10. The summed E-state index contributed by atoms with van der Waals surface area (Å²) in [6.45, 7) is 3.73. The van der Waals surface area contributed by atoms with Crippen LogP contribution < -0.4 is 0 Å². The fourth-order valence-electron chi connectivity index (χ4n) is 2.89. The van der Waals surface area contributed by atoms with Crippen LogP contribution in [0.5, 0.6) is 5.75 Å². The number of nitrogens with zero attached hydrogens (tertiary/aromatic N) is 2. The molecule has 0 spiro atoms. The standard InChI is InChI=1S/C20H20N2O2/c1-14-12-13-16(15-8-4-3-5-9-15)20(2,19(14)24)22-21-17-10-6-7-11-18(17)23/h3-13,19,23-24H,1-2H3. The van der Waals surface area contributed by atoms with Crippen molar-refractivity contribution < 1.29 is 10.2 Å². The summed E-state index contributed by atoms with van der Waals surface area (Å²) in [4.78, 5) is 0. The third-order valence-electron chi connectivity index (χ3n) is 4.35. The van der Waals surface area contributed by atoms with E-state index in [-0.39, 0.29) is 5.75 Å². The Labute approximate surface area is 141 Å². The van der Waals surface area contributed by atoms with Gasteiger partial charge in [0.15, 0.2) is 0 Å². The van der Waals surface area contributed by atoms with Gasteiger partial charge in [-0.3, -0.25) is 0 Å². The first-order valence-electron chi connectivity index (χ1n) is 7.86. The van der Waals surface area contributed by atoms with E-state index in [1.807, 2.05) is 56.3 Å². The molecule has 24 heavy (non-hydrogen) atoms. The maximum atomic E-state index is 10.8. The van der Waals surface area contributed by atoms with E-state index in [1.165, 1.54) is 0 Å². The lowest BCUT2D eigenvalue weighted by Crippen LogP contribution is -2.41. The van der Waals surface area contributed by atoms with Crippen LogP contribution in [-0.4, -0.2) is 21.9 Å². The zero-order chi connectivity index (χ0) is 17.2. The lowest BCUT2D eigenvalue weighted by atomic mass is 9.77. The Bertz CT molecular complexity index is 825. The van der Waals surface area contributed by atoms with E-state index in [0.29, 0.717) is 5.69 Å². The fraction of sp³-hybridized carbons (Fsp3) is 0.200. The topological polar surface area (TPSA) is 65.2 Å². The second-order valence-electron chi connectivity index (χ2n) is 6.10. The van der Waals surface area contributed by atoms with E-state index in [1.54, 1.807) is 24.3 Å². The molecule has 4 heteroatoms. The highest BCUT2D eigenvalue weighted by atomic mass is 16.3. The number of aromatic hydroxyl groups is 1. The van der Waals surface area contributed by atoms with Gasteiger partial charge < -0.3 is 10.2 Å². The maximum Gasteiger partial charge on any atom is 0.143 e. The van der Waals surface area contributed by atoms with Crippen LogP contribution in [0.4, 0.5) is 5.69 Å². The fourth-order valence-corrected chi connectivity index (χ4v) is 2.89. The summed E-state index contributed by atoms with van der Waals surface area (Å²) < 4.78 is 0. The van der Waals surface area contributed by atoms with Gasteiger partial charge in [0, 0.05) is 0 Å². The minimum atomic E-state index is -0.928. The Morgan fingerprint density at radius 2 is 1.62 bits per heavy atom. The number of aliphatic hydroxyl groups is 1. The average molecular weight is 320 g/mol. The van der Waals surface area contributed by atoms with Crippen molar-refractivity contribution in [1.82, 2.24) is 0 Å². The van der Waals surface area contributed by atoms with Gasteiger partial charge in [-0.05, 0) is 42.7 Å². The first-order valence-corrected chi connectivity index (χ1v) is 7.86. The molecule has 0 bridgehead atoms. The van der Waals surface area contributed by atoms with Gasteiger partial charge in [0.1, 0.15) is 23.1 Å². The predicted octanol–water partition coefficient (Wildman–Crippen LogP) is 4.64. The highest BCUT2D eigenvalue weighted by molar-refractivity contribution is 5.77. The Morgan fingerprint density at radius 3 is 2.33 bits per heavy atom. The largest absolute Gasteiger partial charge is 0.506 e. The van der Waals surface area contributed by atoms with Crippen LogP contribution in [0.25, 0.3) is 5.57 Å². The van der Waals surface area contributed by atoms with E-state index in [9.17, 15) is 10.2 Å². The van der Waals surface area contributed by atoms with Gasteiger partial charge in [0.05, 0.1) is 0 Å². The molecule has 0 radical (unpaired) electrons. The van der Waals surface area contributed by atoms with E-state index in [2.05, 4.69) is 10.2 Å². The van der Waals surface area contributed by atoms with Crippen LogP contribution in [0.15, 0.2) is 82.6 Å². The number of allylic oxidation sites excluding steroid dienone is 2. The lowest BCUT2D eigenvalue weighted by molar-refractivity contribution is 0.153. The predicted molar refractivity (Wildman–Crippen MR) is 95.2 cm³/mol.